The number of hydrogen-bond donors (Lipinski definition) is 3. The largest absolute Gasteiger partial charge is 0.421 e. The zero-order valence-electron chi connectivity index (χ0n) is 20.8. The smallest absolute Gasteiger partial charge is 0.376 e. The van der Waals surface area contributed by atoms with Crippen molar-refractivity contribution in [2.24, 2.45) is 0 Å². The van der Waals surface area contributed by atoms with Gasteiger partial charge in [-0.25, -0.2) is 8.42 Å². The Kier molecular flexibility index (Phi) is 8.43. The van der Waals surface area contributed by atoms with E-state index in [0.717, 1.165) is 12.5 Å². The third-order valence-corrected chi connectivity index (χ3v) is 9.26. The van der Waals surface area contributed by atoms with Crippen molar-refractivity contribution in [2.75, 3.05) is 31.1 Å². The van der Waals surface area contributed by atoms with Gasteiger partial charge in [0.1, 0.15) is 0 Å². The summed E-state index contributed by atoms with van der Waals surface area (Å²) < 4.78 is 68.2. The Hall–Kier alpha value is -2.57. The van der Waals surface area contributed by atoms with Gasteiger partial charge >= 0.3 is 6.18 Å². The fraction of sp³-hybridized carbons (Fsp3) is 0.333. The first-order valence-corrected chi connectivity index (χ1v) is 14.0. The fourth-order valence-electron chi connectivity index (χ4n) is 4.49. The van der Waals surface area contributed by atoms with Gasteiger partial charge in [0, 0.05) is 43.3 Å². The molecule has 1 fully saturated rings. The number of benzene rings is 3. The number of sulfonamides is 1. The first-order chi connectivity index (χ1) is 17.9. The van der Waals surface area contributed by atoms with E-state index in [1.807, 2.05) is 35.2 Å². The first-order valence-electron chi connectivity index (χ1n) is 12.1. The van der Waals surface area contributed by atoms with Crippen LogP contribution in [0.15, 0.2) is 88.7 Å². The van der Waals surface area contributed by atoms with Gasteiger partial charge in [-0.1, -0.05) is 54.6 Å². The van der Waals surface area contributed by atoms with Crippen molar-refractivity contribution in [3.63, 3.8) is 0 Å². The number of hydrogen-bond acceptors (Lipinski definition) is 6. The van der Waals surface area contributed by atoms with Crippen molar-refractivity contribution < 1.29 is 26.7 Å². The molecule has 3 aromatic rings. The van der Waals surface area contributed by atoms with Crippen LogP contribution in [-0.2, 0) is 22.2 Å². The van der Waals surface area contributed by atoms with Gasteiger partial charge in [0.05, 0.1) is 10.9 Å². The Morgan fingerprint density at radius 2 is 1.61 bits per heavy atom. The van der Waals surface area contributed by atoms with Crippen LogP contribution in [0, 0.1) is 0 Å². The van der Waals surface area contributed by atoms with Crippen LogP contribution in [0.1, 0.15) is 18.1 Å². The van der Waals surface area contributed by atoms with Crippen LogP contribution in [0.4, 0.5) is 18.9 Å². The molecule has 1 aliphatic heterocycles. The molecule has 1 unspecified atom stereocenters. The molecule has 2 N–H and O–H groups in total. The average molecular weight is 566 g/mol. The second kappa shape index (κ2) is 11.3. The molecule has 1 aliphatic rings. The number of piperazine rings is 1. The van der Waals surface area contributed by atoms with E-state index >= 15 is 0 Å². The van der Waals surface area contributed by atoms with E-state index in [-0.39, 0.29) is 29.6 Å². The van der Waals surface area contributed by atoms with E-state index in [1.54, 1.807) is 18.2 Å². The van der Waals surface area contributed by atoms with E-state index < -0.39 is 21.8 Å². The SMILES string of the molecule is CC(O)(c1ccc(N2CCN(S(=O)(=O)c3ccccc3S)C[C@@H]2CNCc2ccccc2)cc1)C(F)(F)F. The van der Waals surface area contributed by atoms with Crippen molar-refractivity contribution in [3.05, 3.63) is 90.0 Å². The molecule has 1 heterocycles. The highest BCUT2D eigenvalue weighted by atomic mass is 32.2. The normalized spacial score (nSPS) is 18.8. The maximum atomic E-state index is 13.4. The number of alkyl halides is 3. The zero-order chi connectivity index (χ0) is 27.6. The lowest BCUT2D eigenvalue weighted by Crippen LogP contribution is -2.58. The molecule has 2 atom stereocenters. The summed E-state index contributed by atoms with van der Waals surface area (Å²) in [5, 5.41) is 13.4. The van der Waals surface area contributed by atoms with Gasteiger partial charge in [0.25, 0.3) is 0 Å². The highest BCUT2D eigenvalue weighted by Crippen LogP contribution is 2.39. The molecule has 11 heteroatoms. The van der Waals surface area contributed by atoms with Crippen LogP contribution in [0.3, 0.4) is 0 Å². The van der Waals surface area contributed by atoms with Gasteiger partial charge < -0.3 is 15.3 Å². The highest BCUT2D eigenvalue weighted by Gasteiger charge is 2.51. The monoisotopic (exact) mass is 565 g/mol. The molecular weight excluding hydrogens is 535 g/mol. The zero-order valence-corrected chi connectivity index (χ0v) is 22.5. The predicted molar refractivity (Wildman–Crippen MR) is 144 cm³/mol. The highest BCUT2D eigenvalue weighted by molar-refractivity contribution is 7.90. The second-order valence-electron chi connectivity index (χ2n) is 9.41. The van der Waals surface area contributed by atoms with Crippen molar-refractivity contribution in [1.29, 1.82) is 0 Å². The quantitative estimate of drug-likeness (QED) is 0.353. The van der Waals surface area contributed by atoms with Gasteiger partial charge in [-0.05, 0) is 42.3 Å². The van der Waals surface area contributed by atoms with Gasteiger partial charge in [0.2, 0.25) is 10.0 Å². The summed E-state index contributed by atoms with van der Waals surface area (Å²) in [6.45, 7) is 2.44. The van der Waals surface area contributed by atoms with E-state index in [1.165, 1.54) is 34.6 Å². The third-order valence-electron chi connectivity index (χ3n) is 6.79. The van der Waals surface area contributed by atoms with Crippen molar-refractivity contribution in [3.8, 4) is 0 Å². The lowest BCUT2D eigenvalue weighted by molar-refractivity contribution is -0.258. The summed E-state index contributed by atoms with van der Waals surface area (Å²) in [4.78, 5) is 2.48. The summed E-state index contributed by atoms with van der Waals surface area (Å²) in [7, 11) is -3.81. The number of rotatable bonds is 8. The Bertz CT molecular complexity index is 1330. The van der Waals surface area contributed by atoms with E-state index in [0.29, 0.717) is 30.2 Å². The van der Waals surface area contributed by atoms with Gasteiger partial charge in [-0.3, -0.25) is 0 Å². The molecule has 0 radical (unpaired) electrons. The van der Waals surface area contributed by atoms with Crippen LogP contribution in [0.25, 0.3) is 0 Å². The first kappa shape index (κ1) is 28.4. The van der Waals surface area contributed by atoms with Crippen LogP contribution in [0.2, 0.25) is 0 Å². The summed E-state index contributed by atoms with van der Waals surface area (Å²) >= 11 is 4.33. The Balaban J connectivity index is 1.58. The number of nitrogens with zero attached hydrogens (tertiary/aromatic N) is 2. The second-order valence-corrected chi connectivity index (χ2v) is 11.8. The summed E-state index contributed by atoms with van der Waals surface area (Å²) in [6, 6.07) is 21.6. The van der Waals surface area contributed by atoms with Crippen molar-refractivity contribution >= 4 is 28.3 Å². The Morgan fingerprint density at radius 3 is 2.24 bits per heavy atom. The molecule has 0 amide bonds. The van der Waals surface area contributed by atoms with E-state index in [4.69, 9.17) is 0 Å². The molecule has 0 bridgehead atoms. The number of halogens is 3. The molecule has 3 aromatic carbocycles. The average Bonchev–Trinajstić information content (AvgIpc) is 2.89. The van der Waals surface area contributed by atoms with Gasteiger partial charge in [-0.2, -0.15) is 17.5 Å². The molecule has 204 valence electrons. The lowest BCUT2D eigenvalue weighted by atomic mass is 9.95. The van der Waals surface area contributed by atoms with Crippen LogP contribution >= 0.6 is 12.6 Å². The van der Waals surface area contributed by atoms with Crippen molar-refractivity contribution in [1.82, 2.24) is 9.62 Å². The topological polar surface area (TPSA) is 72.9 Å². The van der Waals surface area contributed by atoms with Gasteiger partial charge in [0.15, 0.2) is 5.60 Å². The third kappa shape index (κ3) is 6.02. The summed E-state index contributed by atoms with van der Waals surface area (Å²) in [5.74, 6) is 0. The number of nitrogens with one attached hydrogen (secondary N) is 1. The molecular formula is C27H30F3N3O3S2. The minimum atomic E-state index is -4.82. The number of thiol groups is 1. The lowest BCUT2D eigenvalue weighted by Gasteiger charge is -2.42. The molecule has 4 rings (SSSR count). The van der Waals surface area contributed by atoms with Crippen molar-refractivity contribution in [2.45, 2.75) is 41.1 Å². The molecule has 0 aliphatic carbocycles. The Labute approximate surface area is 226 Å². The van der Waals surface area contributed by atoms with Crippen LogP contribution < -0.4 is 10.2 Å². The number of aliphatic hydroxyl groups is 1. The van der Waals surface area contributed by atoms with Crippen LogP contribution in [0.5, 0.6) is 0 Å². The molecule has 38 heavy (non-hydrogen) atoms. The maximum absolute atomic E-state index is 13.4. The fourth-order valence-corrected chi connectivity index (χ4v) is 6.55. The summed E-state index contributed by atoms with van der Waals surface area (Å²) in [5.41, 5.74) is -1.53. The van der Waals surface area contributed by atoms with Gasteiger partial charge in [-0.15, -0.1) is 12.6 Å². The molecule has 0 aromatic heterocycles. The number of anilines is 1. The molecule has 0 saturated carbocycles. The standard InChI is InChI=1S/C27H30F3N3O3S2/c1-26(34,27(28,29)30)21-11-13-22(14-12-21)33-16-15-32(38(35,36)25-10-6-5-9-24(25)37)19-23(33)18-31-17-20-7-3-2-4-8-20/h2-14,23,31,34,37H,15-19H2,1H3/t23-,26?/m0/s1. The minimum Gasteiger partial charge on any atom is -0.376 e. The molecule has 0 spiro atoms. The Morgan fingerprint density at radius 1 is 0.974 bits per heavy atom. The van der Waals surface area contributed by atoms with E-state index in [2.05, 4.69) is 17.9 Å². The maximum Gasteiger partial charge on any atom is 0.421 e. The molecule has 6 nitrogen and oxygen atoms in total. The van der Waals surface area contributed by atoms with Crippen LogP contribution in [-0.4, -0.2) is 56.2 Å². The minimum absolute atomic E-state index is 0.131. The molecule has 1 saturated heterocycles. The predicted octanol–water partition coefficient (Wildman–Crippen LogP) is 4.41. The summed E-state index contributed by atoms with van der Waals surface area (Å²) in [6.07, 6.45) is -4.82. The van der Waals surface area contributed by atoms with E-state index in [9.17, 15) is 26.7 Å².